The van der Waals surface area contributed by atoms with Gasteiger partial charge in [0, 0.05) is 17.3 Å². The molecule has 1 aromatic heterocycles. The monoisotopic (exact) mass is 197 g/mol. The van der Waals surface area contributed by atoms with Crippen LogP contribution in [0.2, 0.25) is 0 Å². The third kappa shape index (κ3) is 2.73. The summed E-state index contributed by atoms with van der Waals surface area (Å²) in [6, 6.07) is 1.66. The van der Waals surface area contributed by atoms with Gasteiger partial charge in [-0.05, 0) is 12.5 Å². The highest BCUT2D eigenvalue weighted by Crippen LogP contribution is 2.12. The van der Waals surface area contributed by atoms with Gasteiger partial charge in [-0.2, -0.15) is 0 Å². The molecule has 0 saturated heterocycles. The minimum absolute atomic E-state index is 0.361. The SMILES string of the molecule is CCCOC(=O)c1cnccc1S. The summed E-state index contributed by atoms with van der Waals surface area (Å²) in [4.78, 5) is 15.7. The fraction of sp³-hybridized carbons (Fsp3) is 0.333. The first-order chi connectivity index (χ1) is 6.25. The Kier molecular flexibility index (Phi) is 3.76. The van der Waals surface area contributed by atoms with Gasteiger partial charge in [-0.25, -0.2) is 4.79 Å². The molecule has 13 heavy (non-hydrogen) atoms. The van der Waals surface area contributed by atoms with Crippen LogP contribution in [0.3, 0.4) is 0 Å². The smallest absolute Gasteiger partial charge is 0.340 e. The van der Waals surface area contributed by atoms with Gasteiger partial charge in [0.05, 0.1) is 12.2 Å². The Morgan fingerprint density at radius 1 is 1.69 bits per heavy atom. The normalized spacial score (nSPS) is 9.69. The minimum Gasteiger partial charge on any atom is -0.462 e. The number of hydrogen-bond acceptors (Lipinski definition) is 4. The molecule has 0 aliphatic heterocycles. The fourth-order valence-electron chi connectivity index (χ4n) is 0.817. The summed E-state index contributed by atoms with van der Waals surface area (Å²) >= 11 is 4.12. The molecule has 0 radical (unpaired) electrons. The molecule has 0 saturated carbocycles. The summed E-state index contributed by atoms with van der Waals surface area (Å²) in [6.45, 7) is 2.37. The first-order valence-electron chi connectivity index (χ1n) is 4.05. The van der Waals surface area contributed by atoms with E-state index in [0.717, 1.165) is 6.42 Å². The molecule has 70 valence electrons. The van der Waals surface area contributed by atoms with Crippen LogP contribution < -0.4 is 0 Å². The Morgan fingerprint density at radius 3 is 3.08 bits per heavy atom. The zero-order valence-electron chi connectivity index (χ0n) is 7.36. The van der Waals surface area contributed by atoms with E-state index >= 15 is 0 Å². The molecule has 0 unspecified atom stereocenters. The number of thiol groups is 1. The van der Waals surface area contributed by atoms with Crippen molar-refractivity contribution in [1.29, 1.82) is 0 Å². The molecule has 4 heteroatoms. The molecule has 1 heterocycles. The van der Waals surface area contributed by atoms with Gasteiger partial charge in [-0.1, -0.05) is 6.92 Å². The quantitative estimate of drug-likeness (QED) is 0.594. The Morgan fingerprint density at radius 2 is 2.46 bits per heavy atom. The number of pyridine rings is 1. The van der Waals surface area contributed by atoms with Crippen molar-refractivity contribution in [1.82, 2.24) is 4.98 Å². The van der Waals surface area contributed by atoms with Crippen molar-refractivity contribution in [3.63, 3.8) is 0 Å². The molecule has 0 N–H and O–H groups in total. The summed E-state index contributed by atoms with van der Waals surface area (Å²) in [5.41, 5.74) is 0.416. The summed E-state index contributed by atoms with van der Waals surface area (Å²) in [5, 5.41) is 0. The average Bonchev–Trinajstić information content (AvgIpc) is 2.15. The number of nitrogens with zero attached hydrogens (tertiary/aromatic N) is 1. The van der Waals surface area contributed by atoms with Crippen LogP contribution in [0.25, 0.3) is 0 Å². The molecule has 1 aromatic rings. The Hall–Kier alpha value is -1.03. The van der Waals surface area contributed by atoms with Crippen LogP contribution >= 0.6 is 12.6 Å². The second-order valence-electron chi connectivity index (χ2n) is 2.53. The maximum absolute atomic E-state index is 11.3. The first-order valence-corrected chi connectivity index (χ1v) is 4.50. The number of ether oxygens (including phenoxy) is 1. The van der Waals surface area contributed by atoms with Crippen LogP contribution in [0.5, 0.6) is 0 Å². The van der Waals surface area contributed by atoms with Crippen LogP contribution in [-0.4, -0.2) is 17.6 Å². The Bertz CT molecular complexity index is 301. The molecule has 0 aliphatic carbocycles. The van der Waals surface area contributed by atoms with Crippen molar-refractivity contribution in [3.05, 3.63) is 24.0 Å². The van der Waals surface area contributed by atoms with Crippen molar-refractivity contribution in [3.8, 4) is 0 Å². The Labute approximate surface area is 82.5 Å². The van der Waals surface area contributed by atoms with E-state index in [2.05, 4.69) is 17.6 Å². The van der Waals surface area contributed by atoms with E-state index in [1.807, 2.05) is 6.92 Å². The van der Waals surface area contributed by atoms with E-state index in [4.69, 9.17) is 4.74 Å². The summed E-state index contributed by atoms with van der Waals surface area (Å²) in [7, 11) is 0. The van der Waals surface area contributed by atoms with E-state index < -0.39 is 0 Å². The first kappa shape index (κ1) is 10.1. The maximum Gasteiger partial charge on any atom is 0.340 e. The van der Waals surface area contributed by atoms with Crippen LogP contribution in [0.4, 0.5) is 0 Å². The number of esters is 1. The maximum atomic E-state index is 11.3. The topological polar surface area (TPSA) is 39.2 Å². The number of carbonyl (C=O) groups is 1. The number of hydrogen-bond donors (Lipinski definition) is 1. The third-order valence-corrected chi connectivity index (χ3v) is 1.85. The van der Waals surface area contributed by atoms with Gasteiger partial charge in [0.2, 0.25) is 0 Å². The average molecular weight is 197 g/mol. The zero-order chi connectivity index (χ0) is 9.68. The third-order valence-electron chi connectivity index (χ3n) is 1.46. The van der Waals surface area contributed by atoms with E-state index in [-0.39, 0.29) is 5.97 Å². The van der Waals surface area contributed by atoms with E-state index in [0.29, 0.717) is 17.1 Å². The standard InChI is InChI=1S/C9H11NO2S/c1-2-5-12-9(11)7-6-10-4-3-8(7)13/h3-4,6H,2,5H2,1H3,(H,10,13). The van der Waals surface area contributed by atoms with Gasteiger partial charge >= 0.3 is 5.97 Å². The lowest BCUT2D eigenvalue weighted by Gasteiger charge is -2.03. The molecule has 1 rings (SSSR count). The largest absolute Gasteiger partial charge is 0.462 e. The molecule has 0 atom stereocenters. The van der Waals surface area contributed by atoms with Gasteiger partial charge in [0.25, 0.3) is 0 Å². The molecule has 0 aromatic carbocycles. The second-order valence-corrected chi connectivity index (χ2v) is 3.01. The van der Waals surface area contributed by atoms with Crippen molar-refractivity contribution < 1.29 is 9.53 Å². The van der Waals surface area contributed by atoms with Gasteiger partial charge in [0.15, 0.2) is 0 Å². The number of aromatic nitrogens is 1. The number of carbonyl (C=O) groups excluding carboxylic acids is 1. The highest BCUT2D eigenvalue weighted by molar-refractivity contribution is 7.80. The van der Waals surface area contributed by atoms with Gasteiger partial charge in [-0.3, -0.25) is 4.98 Å². The van der Waals surface area contributed by atoms with Crippen molar-refractivity contribution >= 4 is 18.6 Å². The molecular formula is C9H11NO2S. The lowest BCUT2D eigenvalue weighted by molar-refractivity contribution is 0.0500. The second kappa shape index (κ2) is 4.87. The van der Waals surface area contributed by atoms with Crippen LogP contribution in [0.15, 0.2) is 23.4 Å². The Balaban J connectivity index is 2.71. The van der Waals surface area contributed by atoms with Gasteiger partial charge in [0.1, 0.15) is 0 Å². The summed E-state index contributed by atoms with van der Waals surface area (Å²) < 4.78 is 4.93. The molecular weight excluding hydrogens is 186 g/mol. The fourth-order valence-corrected chi connectivity index (χ4v) is 1.03. The lowest BCUT2D eigenvalue weighted by atomic mass is 10.3. The minimum atomic E-state index is -0.361. The molecule has 0 bridgehead atoms. The van der Waals surface area contributed by atoms with E-state index in [1.54, 1.807) is 12.3 Å². The molecule has 3 nitrogen and oxygen atoms in total. The predicted octanol–water partition coefficient (Wildman–Crippen LogP) is 1.94. The van der Waals surface area contributed by atoms with Crippen molar-refractivity contribution in [2.75, 3.05) is 6.61 Å². The molecule has 0 fully saturated rings. The molecule has 0 amide bonds. The molecule has 0 spiro atoms. The predicted molar refractivity (Wildman–Crippen MR) is 52.1 cm³/mol. The highest BCUT2D eigenvalue weighted by Gasteiger charge is 2.09. The van der Waals surface area contributed by atoms with Gasteiger partial charge in [-0.15, -0.1) is 12.6 Å². The highest BCUT2D eigenvalue weighted by atomic mass is 32.1. The zero-order valence-corrected chi connectivity index (χ0v) is 8.25. The van der Waals surface area contributed by atoms with E-state index in [1.165, 1.54) is 6.20 Å². The molecule has 0 aliphatic rings. The summed E-state index contributed by atoms with van der Waals surface area (Å²) in [5.74, 6) is -0.361. The van der Waals surface area contributed by atoms with Crippen LogP contribution in [0.1, 0.15) is 23.7 Å². The van der Waals surface area contributed by atoms with E-state index in [9.17, 15) is 4.79 Å². The number of rotatable bonds is 3. The lowest BCUT2D eigenvalue weighted by Crippen LogP contribution is -2.07. The van der Waals surface area contributed by atoms with Crippen molar-refractivity contribution in [2.24, 2.45) is 0 Å². The summed E-state index contributed by atoms with van der Waals surface area (Å²) in [6.07, 6.45) is 3.85. The van der Waals surface area contributed by atoms with Crippen LogP contribution in [0, 0.1) is 0 Å². The van der Waals surface area contributed by atoms with Gasteiger partial charge < -0.3 is 4.74 Å². The van der Waals surface area contributed by atoms with Crippen LogP contribution in [-0.2, 0) is 4.74 Å². The van der Waals surface area contributed by atoms with Crippen molar-refractivity contribution in [2.45, 2.75) is 18.2 Å².